The van der Waals surface area contributed by atoms with E-state index in [2.05, 4.69) is 10.6 Å². The van der Waals surface area contributed by atoms with Gasteiger partial charge in [0.2, 0.25) is 11.8 Å². The Kier molecular flexibility index (Phi) is 4.47. The molecule has 2 aromatic carbocycles. The molecule has 2 amide bonds. The number of halogens is 3. The highest BCUT2D eigenvalue weighted by Crippen LogP contribution is 2.47. The van der Waals surface area contributed by atoms with Crippen LogP contribution in [0.3, 0.4) is 0 Å². The van der Waals surface area contributed by atoms with Gasteiger partial charge in [0.25, 0.3) is 0 Å². The van der Waals surface area contributed by atoms with E-state index in [0.29, 0.717) is 34.3 Å². The maximum atomic E-state index is 12.9. The SMILES string of the molecule is O=C(Nc1ccc(F)cc1)C1(C(=O)Nc2ccc(Cl)cc2Cl)CC1. The van der Waals surface area contributed by atoms with Gasteiger partial charge in [-0.1, -0.05) is 23.2 Å². The van der Waals surface area contributed by atoms with E-state index in [1.165, 1.54) is 30.3 Å². The summed E-state index contributed by atoms with van der Waals surface area (Å²) < 4.78 is 12.9. The minimum atomic E-state index is -1.13. The first-order valence-electron chi connectivity index (χ1n) is 7.24. The van der Waals surface area contributed by atoms with Gasteiger partial charge >= 0.3 is 0 Å². The van der Waals surface area contributed by atoms with Crippen LogP contribution in [0.4, 0.5) is 15.8 Å². The molecule has 1 aliphatic rings. The number of hydrogen-bond donors (Lipinski definition) is 2. The molecule has 0 aromatic heterocycles. The molecule has 0 aliphatic heterocycles. The first-order chi connectivity index (χ1) is 11.4. The number of anilines is 2. The monoisotopic (exact) mass is 366 g/mol. The van der Waals surface area contributed by atoms with Gasteiger partial charge in [0, 0.05) is 10.7 Å². The third-order valence-electron chi connectivity index (χ3n) is 3.90. The first-order valence-corrected chi connectivity index (χ1v) is 8.00. The van der Waals surface area contributed by atoms with Crippen molar-refractivity contribution in [1.82, 2.24) is 0 Å². The number of hydrogen-bond acceptors (Lipinski definition) is 2. The van der Waals surface area contributed by atoms with Gasteiger partial charge in [-0.25, -0.2) is 4.39 Å². The van der Waals surface area contributed by atoms with Crippen LogP contribution in [-0.2, 0) is 9.59 Å². The molecule has 0 atom stereocenters. The van der Waals surface area contributed by atoms with Crippen molar-refractivity contribution in [3.8, 4) is 0 Å². The second kappa shape index (κ2) is 6.42. The summed E-state index contributed by atoms with van der Waals surface area (Å²) in [4.78, 5) is 24.9. The molecule has 0 unspecified atom stereocenters. The minimum absolute atomic E-state index is 0.297. The zero-order valence-corrected chi connectivity index (χ0v) is 13.9. The van der Waals surface area contributed by atoms with E-state index in [0.717, 1.165) is 0 Å². The third kappa shape index (κ3) is 3.37. The highest BCUT2D eigenvalue weighted by molar-refractivity contribution is 6.37. The highest BCUT2D eigenvalue weighted by Gasteiger charge is 2.56. The Bertz CT molecular complexity index is 805. The van der Waals surface area contributed by atoms with E-state index in [-0.39, 0.29) is 0 Å². The number of rotatable bonds is 4. The second-order valence-electron chi connectivity index (χ2n) is 5.62. The van der Waals surface area contributed by atoms with Gasteiger partial charge in [-0.2, -0.15) is 0 Å². The molecule has 2 aromatic rings. The van der Waals surface area contributed by atoms with E-state index < -0.39 is 23.0 Å². The summed E-state index contributed by atoms with van der Waals surface area (Å²) >= 11 is 11.9. The molecule has 2 N–H and O–H groups in total. The van der Waals surface area contributed by atoms with Crippen LogP contribution in [0.15, 0.2) is 42.5 Å². The van der Waals surface area contributed by atoms with Crippen molar-refractivity contribution in [2.75, 3.05) is 10.6 Å². The quantitative estimate of drug-likeness (QED) is 0.783. The Morgan fingerprint density at radius 3 is 2.17 bits per heavy atom. The van der Waals surface area contributed by atoms with Gasteiger partial charge in [-0.05, 0) is 55.3 Å². The Balaban J connectivity index is 1.71. The maximum absolute atomic E-state index is 12.9. The Morgan fingerprint density at radius 2 is 1.58 bits per heavy atom. The fourth-order valence-electron chi connectivity index (χ4n) is 2.30. The lowest BCUT2D eigenvalue weighted by atomic mass is 10.0. The van der Waals surface area contributed by atoms with Gasteiger partial charge in [0.1, 0.15) is 11.2 Å². The van der Waals surface area contributed by atoms with Crippen LogP contribution in [0.2, 0.25) is 10.0 Å². The largest absolute Gasteiger partial charge is 0.325 e. The maximum Gasteiger partial charge on any atom is 0.240 e. The van der Waals surface area contributed by atoms with Crippen molar-refractivity contribution in [3.05, 3.63) is 58.3 Å². The fourth-order valence-corrected chi connectivity index (χ4v) is 2.75. The first kappa shape index (κ1) is 16.7. The minimum Gasteiger partial charge on any atom is -0.325 e. The van der Waals surface area contributed by atoms with Gasteiger partial charge in [-0.15, -0.1) is 0 Å². The van der Waals surface area contributed by atoms with Crippen molar-refractivity contribution in [3.63, 3.8) is 0 Å². The van der Waals surface area contributed by atoms with E-state index in [4.69, 9.17) is 23.2 Å². The lowest BCUT2D eigenvalue weighted by molar-refractivity contribution is -0.131. The molecule has 1 saturated carbocycles. The molecular formula is C17H13Cl2FN2O2. The number of carbonyl (C=O) groups is 2. The molecule has 24 heavy (non-hydrogen) atoms. The number of benzene rings is 2. The fraction of sp³-hybridized carbons (Fsp3) is 0.176. The number of carbonyl (C=O) groups excluding carboxylic acids is 2. The molecule has 124 valence electrons. The Labute approximate surface area is 148 Å². The molecule has 3 rings (SSSR count). The lowest BCUT2D eigenvalue weighted by Crippen LogP contribution is -2.35. The van der Waals surface area contributed by atoms with Crippen molar-refractivity contribution in [2.24, 2.45) is 5.41 Å². The predicted octanol–water partition coefficient (Wildman–Crippen LogP) is 4.49. The van der Waals surface area contributed by atoms with Gasteiger partial charge in [0.05, 0.1) is 10.7 Å². The van der Waals surface area contributed by atoms with Gasteiger partial charge < -0.3 is 10.6 Å². The van der Waals surface area contributed by atoms with Crippen molar-refractivity contribution < 1.29 is 14.0 Å². The molecule has 1 aliphatic carbocycles. The summed E-state index contributed by atoms with van der Waals surface area (Å²) in [5.41, 5.74) is -0.297. The summed E-state index contributed by atoms with van der Waals surface area (Å²) in [6.07, 6.45) is 0.883. The Morgan fingerprint density at radius 1 is 0.958 bits per heavy atom. The van der Waals surface area contributed by atoms with Crippen LogP contribution in [0, 0.1) is 11.2 Å². The van der Waals surface area contributed by atoms with Crippen LogP contribution >= 0.6 is 23.2 Å². The normalized spacial score (nSPS) is 14.8. The number of nitrogens with one attached hydrogen (secondary N) is 2. The van der Waals surface area contributed by atoms with E-state index >= 15 is 0 Å². The molecule has 0 heterocycles. The van der Waals surface area contributed by atoms with E-state index in [1.54, 1.807) is 12.1 Å². The number of amides is 2. The van der Waals surface area contributed by atoms with Gasteiger partial charge in [0.15, 0.2) is 0 Å². The van der Waals surface area contributed by atoms with Crippen LogP contribution in [-0.4, -0.2) is 11.8 Å². The summed E-state index contributed by atoms with van der Waals surface area (Å²) in [6, 6.07) is 10.1. The summed E-state index contributed by atoms with van der Waals surface area (Å²) in [5, 5.41) is 6.06. The Hall–Kier alpha value is -2.11. The summed E-state index contributed by atoms with van der Waals surface area (Å²) in [5.74, 6) is -1.24. The zero-order valence-electron chi connectivity index (χ0n) is 12.4. The van der Waals surface area contributed by atoms with Crippen LogP contribution < -0.4 is 10.6 Å². The molecule has 7 heteroatoms. The summed E-state index contributed by atoms with van der Waals surface area (Å²) in [7, 11) is 0. The van der Waals surface area contributed by atoms with Crippen LogP contribution in [0.25, 0.3) is 0 Å². The summed E-state index contributed by atoms with van der Waals surface area (Å²) in [6.45, 7) is 0. The zero-order chi connectivity index (χ0) is 17.3. The highest BCUT2D eigenvalue weighted by atomic mass is 35.5. The second-order valence-corrected chi connectivity index (χ2v) is 6.47. The van der Waals surface area contributed by atoms with Gasteiger partial charge in [-0.3, -0.25) is 9.59 Å². The molecule has 4 nitrogen and oxygen atoms in total. The molecule has 0 bridgehead atoms. The standard InChI is InChI=1S/C17H13Cl2FN2O2/c18-10-1-6-14(13(19)9-10)22-16(24)17(7-8-17)15(23)21-12-4-2-11(20)3-5-12/h1-6,9H,7-8H2,(H,21,23)(H,22,24). The van der Waals surface area contributed by atoms with E-state index in [9.17, 15) is 14.0 Å². The topological polar surface area (TPSA) is 58.2 Å². The van der Waals surface area contributed by atoms with E-state index in [1.807, 2.05) is 0 Å². The van der Waals surface area contributed by atoms with Crippen molar-refractivity contribution >= 4 is 46.4 Å². The molecule has 0 saturated heterocycles. The van der Waals surface area contributed by atoms with Crippen molar-refractivity contribution in [2.45, 2.75) is 12.8 Å². The van der Waals surface area contributed by atoms with Crippen LogP contribution in [0.5, 0.6) is 0 Å². The molecule has 0 spiro atoms. The average Bonchev–Trinajstić information content (AvgIpc) is 3.34. The lowest BCUT2D eigenvalue weighted by Gasteiger charge is -2.16. The van der Waals surface area contributed by atoms with Crippen molar-refractivity contribution in [1.29, 1.82) is 0 Å². The predicted molar refractivity (Wildman–Crippen MR) is 91.8 cm³/mol. The average molecular weight is 367 g/mol. The molecular weight excluding hydrogens is 354 g/mol. The molecule has 1 fully saturated rings. The third-order valence-corrected chi connectivity index (χ3v) is 4.45. The smallest absolute Gasteiger partial charge is 0.240 e. The van der Waals surface area contributed by atoms with Crippen LogP contribution in [0.1, 0.15) is 12.8 Å². The molecule has 0 radical (unpaired) electrons.